The van der Waals surface area contributed by atoms with Gasteiger partial charge in [0.25, 0.3) is 0 Å². The van der Waals surface area contributed by atoms with E-state index in [-0.39, 0.29) is 0 Å². The lowest BCUT2D eigenvalue weighted by Gasteiger charge is -2.34. The maximum absolute atomic E-state index is 4.31. The fourth-order valence-corrected chi connectivity index (χ4v) is 3.71. The first-order valence-corrected chi connectivity index (χ1v) is 7.96. The standard InChI is InChI=1S/C13H15BrN4S/c14-11-8-12(19-10-11)9-17-4-6-18(7-5-17)13-15-2-1-3-16-13/h1-3,8,10H,4-7,9H2. The van der Waals surface area contributed by atoms with Crippen molar-refractivity contribution in [1.29, 1.82) is 0 Å². The number of hydrogen-bond acceptors (Lipinski definition) is 5. The predicted molar refractivity (Wildman–Crippen MR) is 81.5 cm³/mol. The lowest BCUT2D eigenvalue weighted by atomic mass is 10.3. The molecule has 3 rings (SSSR count). The van der Waals surface area contributed by atoms with E-state index in [2.05, 4.69) is 47.1 Å². The molecule has 1 saturated heterocycles. The minimum absolute atomic E-state index is 0.848. The number of rotatable bonds is 3. The van der Waals surface area contributed by atoms with Gasteiger partial charge in [-0.3, -0.25) is 4.90 Å². The van der Waals surface area contributed by atoms with Gasteiger partial charge in [0, 0.05) is 59.8 Å². The second-order valence-electron chi connectivity index (χ2n) is 4.54. The van der Waals surface area contributed by atoms with E-state index in [0.717, 1.165) is 38.7 Å². The van der Waals surface area contributed by atoms with Crippen molar-refractivity contribution in [2.75, 3.05) is 31.1 Å². The predicted octanol–water partition coefficient (Wildman–Crippen LogP) is 2.62. The van der Waals surface area contributed by atoms with Gasteiger partial charge in [-0.15, -0.1) is 11.3 Å². The zero-order valence-electron chi connectivity index (χ0n) is 10.5. The smallest absolute Gasteiger partial charge is 0.225 e. The summed E-state index contributed by atoms with van der Waals surface area (Å²) in [5.74, 6) is 0.848. The zero-order chi connectivity index (χ0) is 13.1. The quantitative estimate of drug-likeness (QED) is 0.861. The summed E-state index contributed by atoms with van der Waals surface area (Å²) >= 11 is 5.32. The van der Waals surface area contributed by atoms with Crippen LogP contribution in [-0.2, 0) is 6.54 Å². The molecule has 0 saturated carbocycles. The molecule has 6 heteroatoms. The molecule has 3 heterocycles. The molecule has 0 aromatic carbocycles. The van der Waals surface area contributed by atoms with E-state index >= 15 is 0 Å². The van der Waals surface area contributed by atoms with Gasteiger partial charge in [-0.25, -0.2) is 9.97 Å². The van der Waals surface area contributed by atoms with Gasteiger partial charge < -0.3 is 4.90 Å². The van der Waals surface area contributed by atoms with Gasteiger partial charge in [-0.2, -0.15) is 0 Å². The SMILES string of the molecule is Brc1csc(CN2CCN(c3ncccn3)CC2)c1. The highest BCUT2D eigenvalue weighted by atomic mass is 79.9. The van der Waals surface area contributed by atoms with E-state index in [1.54, 1.807) is 12.4 Å². The van der Waals surface area contributed by atoms with Crippen LogP contribution in [0.25, 0.3) is 0 Å². The molecule has 0 unspecified atom stereocenters. The van der Waals surface area contributed by atoms with E-state index in [4.69, 9.17) is 0 Å². The maximum atomic E-state index is 4.31. The Bertz CT molecular complexity index is 522. The van der Waals surface area contributed by atoms with Crippen LogP contribution >= 0.6 is 27.3 Å². The molecule has 0 aliphatic carbocycles. The van der Waals surface area contributed by atoms with Gasteiger partial charge in [0.15, 0.2) is 0 Å². The van der Waals surface area contributed by atoms with E-state index in [9.17, 15) is 0 Å². The Kier molecular flexibility index (Phi) is 4.10. The van der Waals surface area contributed by atoms with Crippen LogP contribution in [0.2, 0.25) is 0 Å². The average molecular weight is 339 g/mol. The molecule has 1 fully saturated rings. The minimum Gasteiger partial charge on any atom is -0.338 e. The number of piperazine rings is 1. The topological polar surface area (TPSA) is 32.3 Å². The first-order chi connectivity index (χ1) is 9.31. The van der Waals surface area contributed by atoms with Gasteiger partial charge in [-0.05, 0) is 28.1 Å². The summed E-state index contributed by atoms with van der Waals surface area (Å²) in [4.78, 5) is 14.8. The first kappa shape index (κ1) is 13.0. The van der Waals surface area contributed by atoms with Crippen LogP contribution in [-0.4, -0.2) is 41.0 Å². The van der Waals surface area contributed by atoms with E-state index in [1.165, 1.54) is 9.35 Å². The Balaban J connectivity index is 1.55. The van der Waals surface area contributed by atoms with Crippen molar-refractivity contribution in [2.24, 2.45) is 0 Å². The van der Waals surface area contributed by atoms with Crippen molar-refractivity contribution in [2.45, 2.75) is 6.54 Å². The first-order valence-electron chi connectivity index (χ1n) is 6.28. The molecule has 0 spiro atoms. The minimum atomic E-state index is 0.848. The summed E-state index contributed by atoms with van der Waals surface area (Å²) in [7, 11) is 0. The van der Waals surface area contributed by atoms with E-state index in [0.29, 0.717) is 0 Å². The third-order valence-electron chi connectivity index (χ3n) is 3.21. The maximum Gasteiger partial charge on any atom is 0.225 e. The lowest BCUT2D eigenvalue weighted by molar-refractivity contribution is 0.251. The summed E-state index contributed by atoms with van der Waals surface area (Å²) < 4.78 is 1.18. The van der Waals surface area contributed by atoms with Crippen LogP contribution in [0.3, 0.4) is 0 Å². The fraction of sp³-hybridized carbons (Fsp3) is 0.385. The number of halogens is 1. The second-order valence-corrected chi connectivity index (χ2v) is 6.45. The summed E-state index contributed by atoms with van der Waals surface area (Å²) in [5, 5.41) is 2.14. The average Bonchev–Trinajstić information content (AvgIpc) is 2.86. The molecule has 100 valence electrons. The van der Waals surface area contributed by atoms with Crippen molar-refractivity contribution in [3.63, 3.8) is 0 Å². The van der Waals surface area contributed by atoms with Crippen molar-refractivity contribution < 1.29 is 0 Å². The molecule has 0 N–H and O–H groups in total. The molecule has 0 radical (unpaired) electrons. The third-order valence-corrected chi connectivity index (χ3v) is 4.89. The molecule has 4 nitrogen and oxygen atoms in total. The highest BCUT2D eigenvalue weighted by Gasteiger charge is 2.18. The van der Waals surface area contributed by atoms with E-state index < -0.39 is 0 Å². The zero-order valence-corrected chi connectivity index (χ0v) is 12.9. The summed E-state index contributed by atoms with van der Waals surface area (Å²) in [6.07, 6.45) is 3.61. The molecule has 1 aliphatic heterocycles. The van der Waals surface area contributed by atoms with Crippen LogP contribution in [0.4, 0.5) is 5.95 Å². The van der Waals surface area contributed by atoms with E-state index in [1.807, 2.05) is 17.4 Å². The Labute approximate surface area is 125 Å². The van der Waals surface area contributed by atoms with Crippen LogP contribution in [0.5, 0.6) is 0 Å². The lowest BCUT2D eigenvalue weighted by Crippen LogP contribution is -2.46. The van der Waals surface area contributed by atoms with Gasteiger partial charge in [0.2, 0.25) is 5.95 Å². The molecule has 19 heavy (non-hydrogen) atoms. The van der Waals surface area contributed by atoms with Crippen LogP contribution in [0.15, 0.2) is 34.4 Å². The number of aromatic nitrogens is 2. The summed E-state index contributed by atoms with van der Waals surface area (Å²) in [5.41, 5.74) is 0. The number of anilines is 1. The van der Waals surface area contributed by atoms with Gasteiger partial charge in [-0.1, -0.05) is 0 Å². The largest absolute Gasteiger partial charge is 0.338 e. The van der Waals surface area contributed by atoms with Gasteiger partial charge in [0.1, 0.15) is 0 Å². The molecule has 2 aromatic rings. The highest BCUT2D eigenvalue weighted by Crippen LogP contribution is 2.22. The molecular weight excluding hydrogens is 324 g/mol. The summed E-state index contributed by atoms with van der Waals surface area (Å²) in [6, 6.07) is 4.06. The van der Waals surface area contributed by atoms with Gasteiger partial charge >= 0.3 is 0 Å². The Morgan fingerprint density at radius 2 is 1.89 bits per heavy atom. The normalized spacial score (nSPS) is 16.8. The van der Waals surface area contributed by atoms with Crippen molar-refractivity contribution in [3.8, 4) is 0 Å². The Morgan fingerprint density at radius 3 is 2.53 bits per heavy atom. The molecule has 0 atom stereocenters. The van der Waals surface area contributed by atoms with Crippen LogP contribution in [0, 0.1) is 0 Å². The second kappa shape index (κ2) is 5.98. The number of thiophene rings is 1. The van der Waals surface area contributed by atoms with Crippen molar-refractivity contribution >= 4 is 33.2 Å². The van der Waals surface area contributed by atoms with Crippen molar-refractivity contribution in [3.05, 3.63) is 39.3 Å². The van der Waals surface area contributed by atoms with Crippen LogP contribution < -0.4 is 4.90 Å². The Morgan fingerprint density at radius 1 is 1.16 bits per heavy atom. The van der Waals surface area contributed by atoms with Crippen LogP contribution in [0.1, 0.15) is 4.88 Å². The fourth-order valence-electron chi connectivity index (χ4n) is 2.22. The molecule has 1 aliphatic rings. The summed E-state index contributed by atoms with van der Waals surface area (Å²) in [6.45, 7) is 5.16. The van der Waals surface area contributed by atoms with Crippen molar-refractivity contribution in [1.82, 2.24) is 14.9 Å². The molecule has 2 aromatic heterocycles. The number of hydrogen-bond donors (Lipinski definition) is 0. The molecule has 0 bridgehead atoms. The third kappa shape index (κ3) is 3.32. The molecule has 0 amide bonds. The Hall–Kier alpha value is -0.980. The monoisotopic (exact) mass is 338 g/mol. The highest BCUT2D eigenvalue weighted by molar-refractivity contribution is 9.10. The molecular formula is C13H15BrN4S. The van der Waals surface area contributed by atoms with Gasteiger partial charge in [0.05, 0.1) is 0 Å². The number of nitrogens with zero attached hydrogens (tertiary/aromatic N) is 4.